The second-order valence-corrected chi connectivity index (χ2v) is 5.44. The number of Topliss-reactive ketones (excluding diaryl/α,β-unsaturated/α-hetero) is 1. The van der Waals surface area contributed by atoms with E-state index >= 15 is 0 Å². The van der Waals surface area contributed by atoms with E-state index in [1.54, 1.807) is 0 Å². The molecule has 0 radical (unpaired) electrons. The smallest absolute Gasteiger partial charge is 0.140 e. The third-order valence-electron chi connectivity index (χ3n) is 4.31. The highest BCUT2D eigenvalue weighted by Crippen LogP contribution is 2.43. The lowest BCUT2D eigenvalue weighted by molar-refractivity contribution is -0.117. The van der Waals surface area contributed by atoms with Crippen molar-refractivity contribution >= 4 is 16.7 Å². The zero-order valence-corrected chi connectivity index (χ0v) is 10.2. The number of allylic oxidation sites excluding steroid dienone is 2. The quantitative estimate of drug-likeness (QED) is 0.694. The summed E-state index contributed by atoms with van der Waals surface area (Å²) >= 11 is 0. The number of hydrogen-bond acceptors (Lipinski definition) is 1. The molecule has 18 heavy (non-hydrogen) atoms. The predicted octanol–water partition coefficient (Wildman–Crippen LogP) is 3.64. The van der Waals surface area contributed by atoms with Crippen molar-refractivity contribution in [2.24, 2.45) is 0 Å². The van der Waals surface area contributed by atoms with Crippen LogP contribution >= 0.6 is 0 Å². The number of nitrogens with zero attached hydrogens (tertiary/aromatic N) is 1. The predicted molar refractivity (Wildman–Crippen MR) is 71.5 cm³/mol. The molecule has 2 nitrogen and oxygen atoms in total. The molecule has 0 spiro atoms. The first-order valence-electron chi connectivity index (χ1n) is 6.58. The number of benzene rings is 1. The maximum Gasteiger partial charge on any atom is 0.140 e. The summed E-state index contributed by atoms with van der Waals surface area (Å²) in [6.07, 6.45) is 5.76. The van der Waals surface area contributed by atoms with Crippen LogP contribution in [0.1, 0.15) is 31.7 Å². The Hall–Kier alpha value is -1.83. The van der Waals surface area contributed by atoms with Gasteiger partial charge in [0.25, 0.3) is 0 Å². The molecule has 0 saturated heterocycles. The number of rotatable bonds is 1. The van der Waals surface area contributed by atoms with Crippen molar-refractivity contribution in [3.8, 4) is 0 Å². The van der Waals surface area contributed by atoms with Gasteiger partial charge in [-0.2, -0.15) is 0 Å². The van der Waals surface area contributed by atoms with E-state index in [-0.39, 0.29) is 0 Å². The van der Waals surface area contributed by atoms with Crippen LogP contribution in [0.3, 0.4) is 0 Å². The Balaban J connectivity index is 1.69. The lowest BCUT2D eigenvalue weighted by Gasteiger charge is -2.15. The molecule has 2 heteroatoms. The number of aromatic nitrogens is 1. The van der Waals surface area contributed by atoms with Crippen LogP contribution in [-0.4, -0.2) is 10.4 Å². The molecule has 0 bridgehead atoms. The fourth-order valence-electron chi connectivity index (χ4n) is 3.48. The van der Waals surface area contributed by atoms with Crippen molar-refractivity contribution in [3.63, 3.8) is 0 Å². The van der Waals surface area contributed by atoms with E-state index < -0.39 is 0 Å². The Morgan fingerprint density at radius 2 is 1.72 bits per heavy atom. The molecule has 0 saturated carbocycles. The average Bonchev–Trinajstić information content (AvgIpc) is 2.99. The molecular weight excluding hydrogens is 222 g/mol. The first kappa shape index (κ1) is 10.1. The molecule has 1 aromatic carbocycles. The third-order valence-corrected chi connectivity index (χ3v) is 4.31. The van der Waals surface area contributed by atoms with Crippen molar-refractivity contribution in [1.82, 2.24) is 4.57 Å². The minimum absolute atomic E-state index is 0.413. The molecule has 4 rings (SSSR count). The highest BCUT2D eigenvalue weighted by Gasteiger charge is 2.32. The molecule has 90 valence electrons. The molecule has 0 atom stereocenters. The summed E-state index contributed by atoms with van der Waals surface area (Å²) in [6, 6.07) is 11.2. The molecule has 2 aliphatic rings. The van der Waals surface area contributed by atoms with E-state index in [1.807, 2.05) is 0 Å². The van der Waals surface area contributed by atoms with Gasteiger partial charge in [-0.15, -0.1) is 0 Å². The molecule has 2 aromatic rings. The number of carbonyl (C=O) groups excluding carboxylic acids is 1. The Kier molecular flexibility index (Phi) is 2.01. The minimum Gasteiger partial charge on any atom is -0.344 e. The van der Waals surface area contributed by atoms with Gasteiger partial charge in [-0.25, -0.2) is 0 Å². The van der Waals surface area contributed by atoms with Crippen LogP contribution in [0, 0.1) is 0 Å². The topological polar surface area (TPSA) is 22.0 Å². The van der Waals surface area contributed by atoms with Gasteiger partial charge in [-0.3, -0.25) is 4.79 Å². The van der Waals surface area contributed by atoms with Gasteiger partial charge in [0.05, 0.1) is 0 Å². The van der Waals surface area contributed by atoms with Crippen LogP contribution in [-0.2, 0) is 4.79 Å². The third kappa shape index (κ3) is 1.38. The van der Waals surface area contributed by atoms with Gasteiger partial charge in [0.1, 0.15) is 5.78 Å². The standard InChI is InChI=1S/C16H15NO/c18-15-9-12-7-14(8-13(12)10-15)17-6-5-11-3-1-2-4-16(11)17/h1-6,14H,7-10H2. The zero-order chi connectivity index (χ0) is 12.1. The molecule has 1 aromatic heterocycles. The first-order chi connectivity index (χ1) is 8.81. The summed E-state index contributed by atoms with van der Waals surface area (Å²) in [7, 11) is 0. The van der Waals surface area contributed by atoms with Crippen LogP contribution in [0.25, 0.3) is 10.9 Å². The van der Waals surface area contributed by atoms with Gasteiger partial charge in [-0.05, 0) is 30.4 Å². The van der Waals surface area contributed by atoms with Crippen LogP contribution in [0.2, 0.25) is 0 Å². The lowest BCUT2D eigenvalue weighted by Crippen LogP contribution is -2.06. The Morgan fingerprint density at radius 3 is 2.50 bits per heavy atom. The molecule has 0 aliphatic heterocycles. The summed E-state index contributed by atoms with van der Waals surface area (Å²) < 4.78 is 2.39. The minimum atomic E-state index is 0.413. The van der Waals surface area contributed by atoms with E-state index in [9.17, 15) is 4.79 Å². The molecule has 0 fully saturated rings. The molecule has 1 heterocycles. The molecule has 2 aliphatic carbocycles. The van der Waals surface area contributed by atoms with E-state index in [4.69, 9.17) is 0 Å². The number of para-hydroxylation sites is 1. The average molecular weight is 237 g/mol. The number of ketones is 1. The first-order valence-corrected chi connectivity index (χ1v) is 6.58. The van der Waals surface area contributed by atoms with Crippen molar-refractivity contribution < 1.29 is 4.79 Å². The van der Waals surface area contributed by atoms with Crippen LogP contribution in [0.5, 0.6) is 0 Å². The summed E-state index contributed by atoms with van der Waals surface area (Å²) in [5.41, 5.74) is 4.15. The summed E-state index contributed by atoms with van der Waals surface area (Å²) in [5.74, 6) is 0.413. The van der Waals surface area contributed by atoms with E-state index in [0.29, 0.717) is 24.7 Å². The zero-order valence-electron chi connectivity index (χ0n) is 10.2. The molecular formula is C16H15NO. The maximum atomic E-state index is 11.4. The number of fused-ring (bicyclic) bond motifs is 1. The summed E-state index contributed by atoms with van der Waals surface area (Å²) in [4.78, 5) is 11.4. The Morgan fingerprint density at radius 1 is 1.00 bits per heavy atom. The Labute approximate surface area is 106 Å². The van der Waals surface area contributed by atoms with E-state index in [0.717, 1.165) is 12.8 Å². The second kappa shape index (κ2) is 3.58. The fourth-order valence-corrected chi connectivity index (χ4v) is 3.48. The van der Waals surface area contributed by atoms with Gasteiger partial charge in [0, 0.05) is 30.6 Å². The van der Waals surface area contributed by atoms with Crippen LogP contribution in [0.15, 0.2) is 47.7 Å². The number of hydrogen-bond donors (Lipinski definition) is 0. The monoisotopic (exact) mass is 237 g/mol. The summed E-state index contributed by atoms with van der Waals surface area (Å²) in [5, 5.41) is 1.31. The van der Waals surface area contributed by atoms with Crippen LogP contribution in [0.4, 0.5) is 0 Å². The molecule has 0 N–H and O–H groups in total. The van der Waals surface area contributed by atoms with Crippen molar-refractivity contribution in [2.45, 2.75) is 31.7 Å². The fraction of sp³-hybridized carbons (Fsp3) is 0.312. The maximum absolute atomic E-state index is 11.4. The highest BCUT2D eigenvalue weighted by atomic mass is 16.1. The number of carbonyl (C=O) groups is 1. The normalized spacial score (nSPS) is 20.1. The van der Waals surface area contributed by atoms with Crippen LogP contribution < -0.4 is 0 Å². The SMILES string of the molecule is O=C1CC2=C(C1)CC(n1ccc3ccccc31)C2. The van der Waals surface area contributed by atoms with Crippen molar-refractivity contribution in [2.75, 3.05) is 0 Å². The van der Waals surface area contributed by atoms with Gasteiger partial charge in [-0.1, -0.05) is 29.3 Å². The van der Waals surface area contributed by atoms with Gasteiger partial charge in [0.2, 0.25) is 0 Å². The van der Waals surface area contributed by atoms with Crippen molar-refractivity contribution in [1.29, 1.82) is 0 Å². The van der Waals surface area contributed by atoms with Crippen molar-refractivity contribution in [3.05, 3.63) is 47.7 Å². The largest absolute Gasteiger partial charge is 0.344 e. The van der Waals surface area contributed by atoms with Gasteiger partial charge in [0.15, 0.2) is 0 Å². The summed E-state index contributed by atoms with van der Waals surface area (Å²) in [6.45, 7) is 0. The molecule has 0 amide bonds. The Bertz CT molecular complexity index is 657. The highest BCUT2D eigenvalue weighted by molar-refractivity contribution is 5.87. The lowest BCUT2D eigenvalue weighted by atomic mass is 10.1. The molecule has 0 unspecified atom stereocenters. The van der Waals surface area contributed by atoms with E-state index in [2.05, 4.69) is 41.1 Å². The van der Waals surface area contributed by atoms with Gasteiger partial charge >= 0.3 is 0 Å². The van der Waals surface area contributed by atoms with Gasteiger partial charge < -0.3 is 4.57 Å². The van der Waals surface area contributed by atoms with E-state index in [1.165, 1.54) is 22.0 Å². The second-order valence-electron chi connectivity index (χ2n) is 5.44.